The number of carbonyl (C=O) groups excluding carboxylic acids is 1. The van der Waals surface area contributed by atoms with Gasteiger partial charge in [0.25, 0.3) is 0 Å². The second kappa shape index (κ2) is 7.70. The molecule has 7 heteroatoms. The summed E-state index contributed by atoms with van der Waals surface area (Å²) in [6.07, 6.45) is 2.61. The summed E-state index contributed by atoms with van der Waals surface area (Å²) in [7, 11) is 2.06. The van der Waals surface area contributed by atoms with Crippen LogP contribution in [0.3, 0.4) is 0 Å². The molecule has 2 fully saturated rings. The molecule has 3 rings (SSSR count). The zero-order valence-electron chi connectivity index (χ0n) is 14.4. The van der Waals surface area contributed by atoms with Gasteiger partial charge >= 0.3 is 0 Å². The summed E-state index contributed by atoms with van der Waals surface area (Å²) in [5, 5.41) is 10.8. The monoisotopic (exact) mass is 385 g/mol. The highest BCUT2D eigenvalue weighted by Crippen LogP contribution is 2.38. The fourth-order valence-corrected chi connectivity index (χ4v) is 4.28. The van der Waals surface area contributed by atoms with Gasteiger partial charge in [-0.3, -0.25) is 4.79 Å². The van der Waals surface area contributed by atoms with Crippen LogP contribution in [0, 0.1) is 11.8 Å². The molecular formula is C18H25Cl2N3O2. The number of phenolic OH excluding ortho intramolecular Hbond substituents is 1. The molecule has 0 saturated carbocycles. The second-order valence-electron chi connectivity index (χ2n) is 7.26. The fourth-order valence-electron chi connectivity index (χ4n) is 3.95. The van der Waals surface area contributed by atoms with Crippen LogP contribution in [-0.2, 0) is 4.79 Å². The van der Waals surface area contributed by atoms with Gasteiger partial charge in [0.15, 0.2) is 0 Å². The van der Waals surface area contributed by atoms with Crippen molar-refractivity contribution >= 4 is 29.1 Å². The number of likely N-dealkylation sites (tertiary alicyclic amines) is 2. The summed E-state index contributed by atoms with van der Waals surface area (Å²) in [6, 6.07) is 2.77. The van der Waals surface area contributed by atoms with E-state index in [1.54, 1.807) is 6.07 Å². The van der Waals surface area contributed by atoms with E-state index in [1.165, 1.54) is 6.07 Å². The van der Waals surface area contributed by atoms with Crippen molar-refractivity contribution in [2.75, 3.05) is 33.2 Å². The number of benzene rings is 1. The number of nitrogens with two attached hydrogens (primary N) is 1. The van der Waals surface area contributed by atoms with E-state index in [9.17, 15) is 9.90 Å². The summed E-state index contributed by atoms with van der Waals surface area (Å²) >= 11 is 12.0. The highest BCUT2D eigenvalue weighted by Gasteiger charge is 2.33. The van der Waals surface area contributed by atoms with Crippen LogP contribution in [0.5, 0.6) is 5.75 Å². The molecule has 0 unspecified atom stereocenters. The van der Waals surface area contributed by atoms with Crippen LogP contribution in [0.15, 0.2) is 12.1 Å². The molecule has 1 amide bonds. The summed E-state index contributed by atoms with van der Waals surface area (Å²) < 4.78 is 0. The zero-order chi connectivity index (χ0) is 18.1. The predicted molar refractivity (Wildman–Crippen MR) is 100.0 cm³/mol. The highest BCUT2D eigenvalue weighted by atomic mass is 35.5. The SMILES string of the molecule is CN1CC[C@@H](C(=O)N2CCC([C@@H](N)c3cc(Cl)c(Cl)cc3O)CC2)C1. The Morgan fingerprint density at radius 3 is 2.44 bits per heavy atom. The summed E-state index contributed by atoms with van der Waals surface area (Å²) in [4.78, 5) is 16.8. The van der Waals surface area contributed by atoms with E-state index in [-0.39, 0.29) is 29.5 Å². The Kier molecular flexibility index (Phi) is 5.78. The Bertz CT molecular complexity index is 647. The van der Waals surface area contributed by atoms with Gasteiger partial charge in [-0.2, -0.15) is 0 Å². The number of aromatic hydroxyl groups is 1. The Labute approximate surface area is 158 Å². The van der Waals surface area contributed by atoms with Gasteiger partial charge in [0.05, 0.1) is 16.0 Å². The van der Waals surface area contributed by atoms with E-state index >= 15 is 0 Å². The lowest BCUT2D eigenvalue weighted by molar-refractivity contribution is -0.136. The van der Waals surface area contributed by atoms with E-state index in [1.807, 2.05) is 4.90 Å². The minimum Gasteiger partial charge on any atom is -0.508 e. The number of piperidine rings is 1. The molecule has 5 nitrogen and oxygen atoms in total. The van der Waals surface area contributed by atoms with E-state index in [0.717, 1.165) is 45.4 Å². The highest BCUT2D eigenvalue weighted by molar-refractivity contribution is 6.42. The number of carbonyl (C=O) groups is 1. The summed E-state index contributed by atoms with van der Waals surface area (Å²) in [5.74, 6) is 0.691. The van der Waals surface area contributed by atoms with Crippen molar-refractivity contribution in [3.8, 4) is 5.75 Å². The van der Waals surface area contributed by atoms with Gasteiger partial charge in [0.2, 0.25) is 5.91 Å². The first-order valence-electron chi connectivity index (χ1n) is 8.77. The molecule has 0 bridgehead atoms. The molecule has 2 aliphatic rings. The van der Waals surface area contributed by atoms with Crippen LogP contribution in [0.4, 0.5) is 0 Å². The molecule has 1 aromatic rings. The number of hydrogen-bond acceptors (Lipinski definition) is 4. The second-order valence-corrected chi connectivity index (χ2v) is 8.08. The quantitative estimate of drug-likeness (QED) is 0.838. The van der Waals surface area contributed by atoms with Gasteiger partial charge in [-0.25, -0.2) is 0 Å². The minimum atomic E-state index is -0.315. The van der Waals surface area contributed by atoms with Gasteiger partial charge < -0.3 is 20.6 Å². The average molecular weight is 386 g/mol. The maximum atomic E-state index is 12.6. The summed E-state index contributed by atoms with van der Waals surface area (Å²) in [6.45, 7) is 3.29. The molecular weight excluding hydrogens is 361 g/mol. The molecule has 1 aromatic carbocycles. The molecule has 0 aromatic heterocycles. The molecule has 138 valence electrons. The fraction of sp³-hybridized carbons (Fsp3) is 0.611. The first kappa shape index (κ1) is 18.8. The van der Waals surface area contributed by atoms with Crippen molar-refractivity contribution in [1.29, 1.82) is 0 Å². The molecule has 25 heavy (non-hydrogen) atoms. The lowest BCUT2D eigenvalue weighted by Gasteiger charge is -2.36. The van der Waals surface area contributed by atoms with Crippen molar-refractivity contribution in [2.24, 2.45) is 17.6 Å². The van der Waals surface area contributed by atoms with E-state index < -0.39 is 0 Å². The van der Waals surface area contributed by atoms with Crippen LogP contribution >= 0.6 is 23.2 Å². The first-order valence-corrected chi connectivity index (χ1v) is 9.53. The van der Waals surface area contributed by atoms with Gasteiger partial charge in [-0.15, -0.1) is 0 Å². The number of amides is 1. The van der Waals surface area contributed by atoms with Crippen LogP contribution in [-0.4, -0.2) is 54.0 Å². The molecule has 0 aliphatic carbocycles. The average Bonchev–Trinajstić information content (AvgIpc) is 3.03. The summed E-state index contributed by atoms with van der Waals surface area (Å²) in [5.41, 5.74) is 7.00. The third kappa shape index (κ3) is 4.05. The topological polar surface area (TPSA) is 69.8 Å². The third-order valence-electron chi connectivity index (χ3n) is 5.53. The van der Waals surface area contributed by atoms with E-state index in [4.69, 9.17) is 28.9 Å². The van der Waals surface area contributed by atoms with Gasteiger partial charge in [-0.1, -0.05) is 23.2 Å². The minimum absolute atomic E-state index is 0.0781. The zero-order valence-corrected chi connectivity index (χ0v) is 15.9. The molecule has 2 saturated heterocycles. The van der Waals surface area contributed by atoms with Crippen LogP contribution in [0.25, 0.3) is 0 Å². The number of phenols is 1. The molecule has 2 aliphatic heterocycles. The Morgan fingerprint density at radius 1 is 1.20 bits per heavy atom. The molecule has 2 atom stereocenters. The number of halogens is 2. The van der Waals surface area contributed by atoms with E-state index in [0.29, 0.717) is 15.6 Å². The number of rotatable bonds is 3. The van der Waals surface area contributed by atoms with Crippen LogP contribution in [0.2, 0.25) is 10.0 Å². The van der Waals surface area contributed by atoms with Crippen molar-refractivity contribution in [3.05, 3.63) is 27.7 Å². The van der Waals surface area contributed by atoms with Crippen molar-refractivity contribution < 1.29 is 9.90 Å². The largest absolute Gasteiger partial charge is 0.508 e. The predicted octanol–water partition coefficient (Wildman–Crippen LogP) is 2.89. The van der Waals surface area contributed by atoms with Gasteiger partial charge in [0, 0.05) is 37.3 Å². The Morgan fingerprint density at radius 2 is 1.84 bits per heavy atom. The molecule has 3 N–H and O–H groups in total. The molecule has 0 spiro atoms. The maximum absolute atomic E-state index is 12.6. The Balaban J connectivity index is 1.60. The third-order valence-corrected chi connectivity index (χ3v) is 6.25. The number of hydrogen-bond donors (Lipinski definition) is 2. The van der Waals surface area contributed by atoms with Crippen molar-refractivity contribution in [1.82, 2.24) is 9.80 Å². The van der Waals surface area contributed by atoms with E-state index in [2.05, 4.69) is 11.9 Å². The normalized spacial score (nSPS) is 23.8. The lowest BCUT2D eigenvalue weighted by atomic mass is 9.85. The van der Waals surface area contributed by atoms with Crippen molar-refractivity contribution in [3.63, 3.8) is 0 Å². The van der Waals surface area contributed by atoms with Gasteiger partial charge in [0.1, 0.15) is 5.75 Å². The molecule has 0 radical (unpaired) electrons. The van der Waals surface area contributed by atoms with Crippen LogP contribution < -0.4 is 5.73 Å². The van der Waals surface area contributed by atoms with Gasteiger partial charge in [-0.05, 0) is 44.8 Å². The number of nitrogens with zero attached hydrogens (tertiary/aromatic N) is 2. The maximum Gasteiger partial charge on any atom is 0.227 e. The Hall–Kier alpha value is -1.01. The smallest absolute Gasteiger partial charge is 0.227 e. The lowest BCUT2D eigenvalue weighted by Crippen LogP contribution is -2.44. The standard InChI is InChI=1S/C18H25Cl2N3O2/c1-22-5-2-12(10-22)18(25)23-6-3-11(4-7-23)17(21)13-8-14(19)15(20)9-16(13)24/h8-9,11-12,17,24H,2-7,10,21H2,1H3/t12-,17-/m1/s1. The molecule has 2 heterocycles. The first-order chi connectivity index (χ1) is 11.9. The van der Waals surface area contributed by atoms with Crippen molar-refractivity contribution in [2.45, 2.75) is 25.3 Å². The van der Waals surface area contributed by atoms with Crippen LogP contribution in [0.1, 0.15) is 30.9 Å².